The van der Waals surface area contributed by atoms with E-state index >= 15 is 0 Å². The maximum atomic E-state index is 3.85. The van der Waals surface area contributed by atoms with Gasteiger partial charge in [-0.15, -0.1) is 0 Å². The highest BCUT2D eigenvalue weighted by atomic mass is 15.0. The number of hydrogen-bond donors (Lipinski definition) is 2. The normalized spacial score (nSPS) is 35.1. The predicted octanol–water partition coefficient (Wildman–Crippen LogP) is 2.93. The minimum absolute atomic E-state index is 0.408. The summed E-state index contributed by atoms with van der Waals surface area (Å²) in [5.41, 5.74) is 0.408. The molecule has 0 amide bonds. The van der Waals surface area contributed by atoms with Crippen LogP contribution in [0.4, 0.5) is 0 Å². The topological polar surface area (TPSA) is 24.1 Å². The Kier molecular flexibility index (Phi) is 4.48. The lowest BCUT2D eigenvalue weighted by Gasteiger charge is -2.37. The fourth-order valence-corrected chi connectivity index (χ4v) is 3.41. The van der Waals surface area contributed by atoms with Crippen molar-refractivity contribution in [3.05, 3.63) is 0 Å². The van der Waals surface area contributed by atoms with E-state index in [4.69, 9.17) is 0 Å². The van der Waals surface area contributed by atoms with Crippen LogP contribution in [0, 0.1) is 11.3 Å². The first kappa shape index (κ1) is 13.4. The van der Waals surface area contributed by atoms with E-state index in [-0.39, 0.29) is 0 Å². The van der Waals surface area contributed by atoms with Gasteiger partial charge in [0.2, 0.25) is 0 Å². The minimum Gasteiger partial charge on any atom is -0.314 e. The summed E-state index contributed by atoms with van der Waals surface area (Å²) in [6, 6.07) is 1.56. The van der Waals surface area contributed by atoms with E-state index in [2.05, 4.69) is 31.4 Å². The maximum Gasteiger partial charge on any atom is 0.0111 e. The van der Waals surface area contributed by atoms with Crippen molar-refractivity contribution in [3.63, 3.8) is 0 Å². The largest absolute Gasteiger partial charge is 0.314 e. The molecule has 0 aromatic carbocycles. The molecular formula is C15H30N2. The lowest BCUT2D eigenvalue weighted by molar-refractivity contribution is 0.198. The smallest absolute Gasteiger partial charge is 0.0111 e. The van der Waals surface area contributed by atoms with Gasteiger partial charge in [-0.2, -0.15) is 0 Å². The molecule has 0 aromatic heterocycles. The van der Waals surface area contributed by atoms with E-state index in [0.717, 1.165) is 24.5 Å². The summed E-state index contributed by atoms with van der Waals surface area (Å²) < 4.78 is 0. The van der Waals surface area contributed by atoms with Crippen LogP contribution in [-0.4, -0.2) is 25.2 Å². The molecule has 1 heterocycles. The molecule has 2 aliphatic rings. The molecule has 0 spiro atoms. The second kappa shape index (κ2) is 5.71. The molecule has 0 radical (unpaired) electrons. The zero-order valence-corrected chi connectivity index (χ0v) is 11.9. The Balaban J connectivity index is 1.87. The molecule has 2 N–H and O–H groups in total. The van der Waals surface area contributed by atoms with E-state index in [1.807, 2.05) is 0 Å². The molecule has 17 heavy (non-hydrogen) atoms. The van der Waals surface area contributed by atoms with E-state index in [0.29, 0.717) is 5.41 Å². The zero-order valence-electron chi connectivity index (χ0n) is 11.9. The number of nitrogens with one attached hydrogen (secondary N) is 2. The summed E-state index contributed by atoms with van der Waals surface area (Å²) in [6.45, 7) is 9.37. The van der Waals surface area contributed by atoms with Crippen LogP contribution in [0.25, 0.3) is 0 Å². The lowest BCUT2D eigenvalue weighted by Crippen LogP contribution is -2.48. The van der Waals surface area contributed by atoms with Crippen molar-refractivity contribution in [1.82, 2.24) is 10.6 Å². The van der Waals surface area contributed by atoms with E-state index < -0.39 is 0 Å². The van der Waals surface area contributed by atoms with Gasteiger partial charge >= 0.3 is 0 Å². The third-order valence-electron chi connectivity index (χ3n) is 4.33. The summed E-state index contributed by atoms with van der Waals surface area (Å²) in [7, 11) is 0. The van der Waals surface area contributed by atoms with Crippen LogP contribution < -0.4 is 10.6 Å². The van der Waals surface area contributed by atoms with Gasteiger partial charge in [-0.3, -0.25) is 0 Å². The molecule has 2 rings (SSSR count). The van der Waals surface area contributed by atoms with Crippen LogP contribution in [0.1, 0.15) is 59.3 Å². The molecule has 2 heteroatoms. The van der Waals surface area contributed by atoms with Gasteiger partial charge in [0.05, 0.1) is 0 Å². The third-order valence-corrected chi connectivity index (χ3v) is 4.33. The second-order valence-corrected chi connectivity index (χ2v) is 7.20. The van der Waals surface area contributed by atoms with Gasteiger partial charge in [-0.25, -0.2) is 0 Å². The predicted molar refractivity (Wildman–Crippen MR) is 74.2 cm³/mol. The third kappa shape index (κ3) is 3.96. The van der Waals surface area contributed by atoms with Crippen molar-refractivity contribution in [3.8, 4) is 0 Å². The van der Waals surface area contributed by atoms with Gasteiger partial charge in [0.25, 0.3) is 0 Å². The summed E-state index contributed by atoms with van der Waals surface area (Å²) in [6.07, 6.45) is 8.46. The number of rotatable bonds is 3. The van der Waals surface area contributed by atoms with Crippen molar-refractivity contribution in [2.24, 2.45) is 11.3 Å². The van der Waals surface area contributed by atoms with E-state index in [1.54, 1.807) is 0 Å². The van der Waals surface area contributed by atoms with Crippen molar-refractivity contribution in [2.45, 2.75) is 71.4 Å². The molecule has 1 aliphatic carbocycles. The second-order valence-electron chi connectivity index (χ2n) is 7.20. The molecule has 1 aliphatic heterocycles. The van der Waals surface area contributed by atoms with Crippen molar-refractivity contribution < 1.29 is 0 Å². The van der Waals surface area contributed by atoms with Crippen molar-refractivity contribution >= 4 is 0 Å². The SMILES string of the molecule is CC(C)(C)CNC1CCCCC1C1CCCN1. The quantitative estimate of drug-likeness (QED) is 0.790. The lowest BCUT2D eigenvalue weighted by atomic mass is 9.79. The Morgan fingerprint density at radius 3 is 2.47 bits per heavy atom. The van der Waals surface area contributed by atoms with Crippen LogP contribution in [0.5, 0.6) is 0 Å². The molecular weight excluding hydrogens is 208 g/mol. The average molecular weight is 238 g/mol. The Hall–Kier alpha value is -0.0800. The zero-order chi connectivity index (χ0) is 12.3. The monoisotopic (exact) mass is 238 g/mol. The van der Waals surface area contributed by atoms with Gasteiger partial charge in [-0.1, -0.05) is 33.6 Å². The van der Waals surface area contributed by atoms with Gasteiger partial charge in [0.1, 0.15) is 0 Å². The highest BCUT2D eigenvalue weighted by molar-refractivity contribution is 4.92. The van der Waals surface area contributed by atoms with Gasteiger partial charge in [-0.05, 0) is 43.6 Å². The van der Waals surface area contributed by atoms with Crippen molar-refractivity contribution in [2.75, 3.05) is 13.1 Å². The fourth-order valence-electron chi connectivity index (χ4n) is 3.41. The molecule has 2 fully saturated rings. The van der Waals surface area contributed by atoms with Crippen LogP contribution in [0.3, 0.4) is 0 Å². The average Bonchev–Trinajstić information content (AvgIpc) is 2.79. The summed E-state index contributed by atoms with van der Waals surface area (Å²) in [5.74, 6) is 0.883. The Morgan fingerprint density at radius 2 is 1.82 bits per heavy atom. The maximum absolute atomic E-state index is 3.85. The fraction of sp³-hybridized carbons (Fsp3) is 1.00. The highest BCUT2D eigenvalue weighted by Crippen LogP contribution is 2.31. The van der Waals surface area contributed by atoms with E-state index in [9.17, 15) is 0 Å². The molecule has 1 saturated carbocycles. The highest BCUT2D eigenvalue weighted by Gasteiger charge is 2.33. The molecule has 3 unspecified atom stereocenters. The summed E-state index contributed by atoms with van der Waals surface area (Å²) in [5, 5.41) is 7.56. The molecule has 0 bridgehead atoms. The minimum atomic E-state index is 0.408. The summed E-state index contributed by atoms with van der Waals surface area (Å²) in [4.78, 5) is 0. The Bertz CT molecular complexity index is 226. The van der Waals surface area contributed by atoms with E-state index in [1.165, 1.54) is 45.1 Å². The molecule has 3 atom stereocenters. The van der Waals surface area contributed by atoms with Crippen LogP contribution in [0.2, 0.25) is 0 Å². The van der Waals surface area contributed by atoms with Gasteiger partial charge < -0.3 is 10.6 Å². The first-order chi connectivity index (χ1) is 8.06. The first-order valence-electron chi connectivity index (χ1n) is 7.53. The van der Waals surface area contributed by atoms with Gasteiger partial charge in [0.15, 0.2) is 0 Å². The standard InChI is InChI=1S/C15H30N2/c1-15(2,3)11-17-14-8-5-4-7-12(14)13-9-6-10-16-13/h12-14,16-17H,4-11H2,1-3H3. The Labute approximate surface area is 107 Å². The first-order valence-corrected chi connectivity index (χ1v) is 7.53. The molecule has 0 aromatic rings. The van der Waals surface area contributed by atoms with Crippen LogP contribution in [0.15, 0.2) is 0 Å². The van der Waals surface area contributed by atoms with Gasteiger partial charge in [0, 0.05) is 18.6 Å². The van der Waals surface area contributed by atoms with Crippen molar-refractivity contribution in [1.29, 1.82) is 0 Å². The molecule has 100 valence electrons. The van der Waals surface area contributed by atoms with Crippen LogP contribution in [-0.2, 0) is 0 Å². The molecule has 2 nitrogen and oxygen atoms in total. The summed E-state index contributed by atoms with van der Waals surface area (Å²) >= 11 is 0. The molecule has 1 saturated heterocycles. The Morgan fingerprint density at radius 1 is 1.06 bits per heavy atom. The van der Waals surface area contributed by atoms with Crippen LogP contribution >= 0.6 is 0 Å². The number of hydrogen-bond acceptors (Lipinski definition) is 2.